The molecule has 2 aliphatic carbocycles. The molecule has 0 aliphatic heterocycles. The van der Waals surface area contributed by atoms with Gasteiger partial charge in [-0.2, -0.15) is 0 Å². The molecule has 0 atom stereocenters. The minimum Gasteiger partial charge on any atom is -0.0713 e. The molecule has 1 heteroatoms. The Labute approximate surface area is 78.4 Å². The highest BCUT2D eigenvalue weighted by molar-refractivity contribution is 6.55. The van der Waals surface area contributed by atoms with Crippen molar-refractivity contribution in [2.75, 3.05) is 0 Å². The highest BCUT2D eigenvalue weighted by Gasteiger charge is 2.43. The molecule has 2 rings (SSSR count). The maximum Gasteiger partial charge on any atom is 0.0413 e. The molecule has 2 bridgehead atoms. The van der Waals surface area contributed by atoms with Crippen LogP contribution in [-0.4, -0.2) is 8.80 Å². The second-order valence-electron chi connectivity index (χ2n) is 5.35. The molecule has 0 amide bonds. The molecule has 2 fully saturated rings. The lowest BCUT2D eigenvalue weighted by atomic mass is 9.82. The van der Waals surface area contributed by atoms with Crippen LogP contribution in [0.15, 0.2) is 0 Å². The van der Waals surface area contributed by atoms with Crippen molar-refractivity contribution in [2.24, 2.45) is 11.3 Å². The van der Waals surface area contributed by atoms with Gasteiger partial charge < -0.3 is 0 Å². The van der Waals surface area contributed by atoms with Gasteiger partial charge in [0.05, 0.1) is 0 Å². The second-order valence-corrected chi connectivity index (χ2v) is 8.27. The summed E-state index contributed by atoms with van der Waals surface area (Å²) in [7, 11) is 0.0492. The van der Waals surface area contributed by atoms with Gasteiger partial charge in [-0.25, -0.2) is 0 Å². The van der Waals surface area contributed by atoms with Gasteiger partial charge in [0.1, 0.15) is 0 Å². The molecule has 0 aromatic heterocycles. The Morgan fingerprint density at radius 2 is 1.92 bits per heavy atom. The molecule has 12 heavy (non-hydrogen) atoms. The van der Waals surface area contributed by atoms with E-state index in [-0.39, 0.29) is 8.80 Å². The summed E-state index contributed by atoms with van der Waals surface area (Å²) >= 11 is 0. The van der Waals surface area contributed by atoms with Gasteiger partial charge in [-0.05, 0) is 43.4 Å². The third kappa shape index (κ3) is 1.61. The van der Waals surface area contributed by atoms with E-state index in [0.717, 1.165) is 11.3 Å². The van der Waals surface area contributed by atoms with Gasteiger partial charge in [0.2, 0.25) is 0 Å². The van der Waals surface area contributed by atoms with Gasteiger partial charge in [-0.1, -0.05) is 25.6 Å². The molecule has 0 aromatic carbocycles. The van der Waals surface area contributed by atoms with E-state index >= 15 is 0 Å². The lowest BCUT2D eigenvalue weighted by Crippen LogP contribution is -2.16. The maximum atomic E-state index is 2.46. The minimum absolute atomic E-state index is 0.0492. The zero-order valence-electron chi connectivity index (χ0n) is 8.53. The van der Waals surface area contributed by atoms with E-state index in [0.29, 0.717) is 0 Å². The van der Waals surface area contributed by atoms with Gasteiger partial charge in [-0.3, -0.25) is 0 Å². The first-order valence-electron chi connectivity index (χ1n) is 5.49. The Bertz CT molecular complexity index is 154. The summed E-state index contributed by atoms with van der Waals surface area (Å²) in [5.41, 5.74) is 0.868. The standard InChI is InChI=1S/C11H21Si/c1-12(2)8-7-11-5-3-10(9-11)4-6-11/h10H,3-9H2,1-2H3. The smallest absolute Gasteiger partial charge is 0.0413 e. The first kappa shape index (κ1) is 8.80. The van der Waals surface area contributed by atoms with Crippen LogP contribution in [0.25, 0.3) is 0 Å². The molecule has 0 aromatic rings. The van der Waals surface area contributed by atoms with Crippen LogP contribution in [-0.2, 0) is 0 Å². The lowest BCUT2D eigenvalue weighted by molar-refractivity contribution is 0.283. The van der Waals surface area contributed by atoms with Crippen LogP contribution in [0, 0.1) is 11.3 Å². The Kier molecular flexibility index (Phi) is 2.32. The van der Waals surface area contributed by atoms with Crippen molar-refractivity contribution in [1.82, 2.24) is 0 Å². The van der Waals surface area contributed by atoms with Gasteiger partial charge >= 0.3 is 0 Å². The molecule has 2 saturated carbocycles. The van der Waals surface area contributed by atoms with Crippen LogP contribution >= 0.6 is 0 Å². The quantitative estimate of drug-likeness (QED) is 0.582. The SMILES string of the molecule is C[Si](C)CCC12CCC(CC1)C2. The van der Waals surface area contributed by atoms with Crippen LogP contribution in [0.4, 0.5) is 0 Å². The molecule has 0 spiro atoms. The van der Waals surface area contributed by atoms with E-state index in [1.807, 2.05) is 0 Å². The maximum absolute atomic E-state index is 2.46. The van der Waals surface area contributed by atoms with E-state index < -0.39 is 0 Å². The average molecular weight is 181 g/mol. The average Bonchev–Trinajstić information content (AvgIpc) is 2.60. The third-order valence-electron chi connectivity index (χ3n) is 4.04. The molecular weight excluding hydrogens is 160 g/mol. The molecule has 0 heterocycles. The highest BCUT2D eigenvalue weighted by atomic mass is 28.3. The second kappa shape index (κ2) is 3.17. The number of fused-ring (bicyclic) bond motifs is 2. The first-order chi connectivity index (χ1) is 5.70. The molecule has 0 N–H and O–H groups in total. The van der Waals surface area contributed by atoms with Crippen molar-refractivity contribution in [3.05, 3.63) is 0 Å². The van der Waals surface area contributed by atoms with Gasteiger partial charge in [0.25, 0.3) is 0 Å². The van der Waals surface area contributed by atoms with Crippen LogP contribution in [0.3, 0.4) is 0 Å². The van der Waals surface area contributed by atoms with Crippen molar-refractivity contribution in [1.29, 1.82) is 0 Å². The molecular formula is C11H21Si. The fraction of sp³-hybridized carbons (Fsp3) is 1.00. The van der Waals surface area contributed by atoms with Crippen LogP contribution in [0.5, 0.6) is 0 Å². The summed E-state index contributed by atoms with van der Waals surface area (Å²) in [6.07, 6.45) is 9.46. The normalized spacial score (nSPS) is 39.8. The summed E-state index contributed by atoms with van der Waals surface area (Å²) in [6.45, 7) is 4.92. The summed E-state index contributed by atoms with van der Waals surface area (Å²) in [6, 6.07) is 1.57. The van der Waals surface area contributed by atoms with Crippen molar-refractivity contribution in [2.45, 2.75) is 57.7 Å². The zero-order valence-corrected chi connectivity index (χ0v) is 9.53. The Morgan fingerprint density at radius 3 is 2.33 bits per heavy atom. The summed E-state index contributed by atoms with van der Waals surface area (Å²) in [4.78, 5) is 0. The van der Waals surface area contributed by atoms with E-state index in [9.17, 15) is 0 Å². The topological polar surface area (TPSA) is 0 Å². The van der Waals surface area contributed by atoms with Crippen LogP contribution in [0.1, 0.15) is 38.5 Å². The molecule has 0 unspecified atom stereocenters. The fourth-order valence-electron chi connectivity index (χ4n) is 3.18. The van der Waals surface area contributed by atoms with Gasteiger partial charge in [0, 0.05) is 8.80 Å². The fourth-order valence-corrected chi connectivity index (χ4v) is 4.21. The van der Waals surface area contributed by atoms with E-state index in [1.54, 1.807) is 44.6 Å². The predicted molar refractivity (Wildman–Crippen MR) is 55.9 cm³/mol. The number of hydrogen-bond acceptors (Lipinski definition) is 0. The Balaban J connectivity index is 1.86. The van der Waals surface area contributed by atoms with E-state index in [2.05, 4.69) is 13.1 Å². The summed E-state index contributed by atoms with van der Waals surface area (Å²) in [5.74, 6) is 1.15. The van der Waals surface area contributed by atoms with Crippen molar-refractivity contribution in [3.8, 4) is 0 Å². The third-order valence-corrected chi connectivity index (χ3v) is 5.29. The van der Waals surface area contributed by atoms with E-state index in [1.165, 1.54) is 0 Å². The van der Waals surface area contributed by atoms with Gasteiger partial charge in [0.15, 0.2) is 0 Å². The highest BCUT2D eigenvalue weighted by Crippen LogP contribution is 2.56. The minimum atomic E-state index is 0.0492. The molecule has 0 nitrogen and oxygen atoms in total. The van der Waals surface area contributed by atoms with Crippen molar-refractivity contribution >= 4 is 8.80 Å². The predicted octanol–water partition coefficient (Wildman–Crippen LogP) is 3.71. The number of hydrogen-bond donors (Lipinski definition) is 0. The number of rotatable bonds is 3. The lowest BCUT2D eigenvalue weighted by Gasteiger charge is -2.26. The molecule has 1 radical (unpaired) electrons. The van der Waals surface area contributed by atoms with Crippen molar-refractivity contribution in [3.63, 3.8) is 0 Å². The molecule has 0 saturated heterocycles. The van der Waals surface area contributed by atoms with E-state index in [4.69, 9.17) is 0 Å². The van der Waals surface area contributed by atoms with Gasteiger partial charge in [-0.15, -0.1) is 0 Å². The van der Waals surface area contributed by atoms with Crippen LogP contribution in [0.2, 0.25) is 19.1 Å². The monoisotopic (exact) mass is 181 g/mol. The molecule has 2 aliphatic rings. The first-order valence-corrected chi connectivity index (χ1v) is 8.20. The summed E-state index contributed by atoms with van der Waals surface area (Å²) in [5, 5.41) is 0. The molecule has 69 valence electrons. The zero-order chi connectivity index (χ0) is 8.60. The summed E-state index contributed by atoms with van der Waals surface area (Å²) < 4.78 is 0. The Morgan fingerprint density at radius 1 is 1.25 bits per heavy atom. The Hall–Kier alpha value is 0.217. The largest absolute Gasteiger partial charge is 0.0713 e. The van der Waals surface area contributed by atoms with Crippen LogP contribution < -0.4 is 0 Å². The van der Waals surface area contributed by atoms with Crippen molar-refractivity contribution < 1.29 is 0 Å².